The zero-order chi connectivity index (χ0) is 21.4. The van der Waals surface area contributed by atoms with Crippen LogP contribution in [0.4, 0.5) is 8.78 Å². The first-order chi connectivity index (χ1) is 14.4. The Hall–Kier alpha value is -3.06. The Balaban J connectivity index is 1.87. The van der Waals surface area contributed by atoms with Crippen molar-refractivity contribution in [3.63, 3.8) is 0 Å². The van der Waals surface area contributed by atoms with Crippen LogP contribution in [0.25, 0.3) is 11.0 Å². The highest BCUT2D eigenvalue weighted by Gasteiger charge is 2.42. The van der Waals surface area contributed by atoms with Gasteiger partial charge in [0.2, 0.25) is 5.76 Å². The summed E-state index contributed by atoms with van der Waals surface area (Å²) in [5.74, 6) is -1.40. The molecule has 0 bridgehead atoms. The van der Waals surface area contributed by atoms with Gasteiger partial charge in [-0.1, -0.05) is 26.0 Å². The number of rotatable bonds is 6. The highest BCUT2D eigenvalue weighted by molar-refractivity contribution is 5.99. The SMILES string of the molecule is CCN(CC)CCN1C(=O)c2oc3ccc(F)cc3c(=O)c2[C@@H]1c1ccc(F)cc1. The fourth-order valence-corrected chi connectivity index (χ4v) is 4.00. The van der Waals surface area contributed by atoms with Crippen molar-refractivity contribution in [2.24, 2.45) is 0 Å². The molecule has 30 heavy (non-hydrogen) atoms. The van der Waals surface area contributed by atoms with E-state index < -0.39 is 29.0 Å². The van der Waals surface area contributed by atoms with Gasteiger partial charge in [-0.15, -0.1) is 0 Å². The summed E-state index contributed by atoms with van der Waals surface area (Å²) in [6, 6.07) is 8.65. The summed E-state index contributed by atoms with van der Waals surface area (Å²) < 4.78 is 33.1. The van der Waals surface area contributed by atoms with E-state index in [-0.39, 0.29) is 22.3 Å². The Labute approximate surface area is 172 Å². The Morgan fingerprint density at radius 3 is 2.33 bits per heavy atom. The monoisotopic (exact) mass is 412 g/mol. The molecule has 0 unspecified atom stereocenters. The average Bonchev–Trinajstić information content (AvgIpc) is 3.02. The van der Waals surface area contributed by atoms with Crippen LogP contribution in [0.3, 0.4) is 0 Å². The van der Waals surface area contributed by atoms with E-state index in [1.54, 1.807) is 17.0 Å². The second-order valence-corrected chi connectivity index (χ2v) is 7.29. The normalized spacial score (nSPS) is 16.0. The number of halogens is 2. The molecule has 0 fully saturated rings. The molecular formula is C23H22F2N2O3. The van der Waals surface area contributed by atoms with Crippen LogP contribution in [0, 0.1) is 11.6 Å². The molecule has 1 amide bonds. The van der Waals surface area contributed by atoms with Crippen molar-refractivity contribution in [2.75, 3.05) is 26.2 Å². The number of benzene rings is 2. The number of hydrogen-bond donors (Lipinski definition) is 0. The van der Waals surface area contributed by atoms with Crippen LogP contribution in [-0.4, -0.2) is 41.9 Å². The van der Waals surface area contributed by atoms with Crippen molar-refractivity contribution in [2.45, 2.75) is 19.9 Å². The molecule has 0 saturated heterocycles. The van der Waals surface area contributed by atoms with E-state index in [2.05, 4.69) is 4.90 Å². The lowest BCUT2D eigenvalue weighted by molar-refractivity contribution is 0.0708. The predicted octanol–water partition coefficient (Wildman–Crippen LogP) is 3.96. The van der Waals surface area contributed by atoms with Crippen LogP contribution in [0.5, 0.6) is 0 Å². The van der Waals surface area contributed by atoms with Crippen molar-refractivity contribution in [1.82, 2.24) is 9.80 Å². The Bertz CT molecular complexity index is 1150. The van der Waals surface area contributed by atoms with E-state index in [0.29, 0.717) is 18.7 Å². The van der Waals surface area contributed by atoms with Gasteiger partial charge in [0.25, 0.3) is 5.91 Å². The summed E-state index contributed by atoms with van der Waals surface area (Å²) in [5, 5.41) is 0.0826. The third-order valence-electron chi connectivity index (χ3n) is 5.67. The molecule has 0 saturated carbocycles. The Morgan fingerprint density at radius 2 is 1.67 bits per heavy atom. The molecule has 1 aromatic heterocycles. The topological polar surface area (TPSA) is 53.8 Å². The maximum absolute atomic E-state index is 13.8. The quantitative estimate of drug-likeness (QED) is 0.615. The molecule has 0 aliphatic carbocycles. The van der Waals surface area contributed by atoms with Crippen molar-refractivity contribution in [1.29, 1.82) is 0 Å². The van der Waals surface area contributed by atoms with E-state index in [1.807, 2.05) is 13.8 Å². The fourth-order valence-electron chi connectivity index (χ4n) is 4.00. The van der Waals surface area contributed by atoms with E-state index in [9.17, 15) is 18.4 Å². The summed E-state index contributed by atoms with van der Waals surface area (Å²) >= 11 is 0. The van der Waals surface area contributed by atoms with Crippen LogP contribution >= 0.6 is 0 Å². The van der Waals surface area contributed by atoms with Gasteiger partial charge in [0, 0.05) is 13.1 Å². The molecule has 0 N–H and O–H groups in total. The third kappa shape index (κ3) is 3.39. The van der Waals surface area contributed by atoms with Gasteiger partial charge >= 0.3 is 0 Å². The molecule has 0 spiro atoms. The molecule has 2 heterocycles. The van der Waals surface area contributed by atoms with Crippen molar-refractivity contribution in [3.05, 3.63) is 81.2 Å². The summed E-state index contributed by atoms with van der Waals surface area (Å²) in [5.41, 5.74) is 0.492. The standard InChI is InChI=1S/C23H22F2N2O3/c1-3-26(4-2)11-12-27-20(14-5-7-15(24)8-6-14)19-21(28)17-13-16(25)9-10-18(17)30-22(19)23(27)29/h5-10,13,20H,3-4,11-12H2,1-2H3/t20-/m0/s1. The molecule has 156 valence electrons. The maximum atomic E-state index is 13.8. The van der Waals surface area contributed by atoms with Gasteiger partial charge < -0.3 is 14.2 Å². The lowest BCUT2D eigenvalue weighted by atomic mass is 9.98. The molecule has 0 radical (unpaired) electrons. The highest BCUT2D eigenvalue weighted by Crippen LogP contribution is 2.38. The first-order valence-electron chi connectivity index (χ1n) is 9.99. The van der Waals surface area contributed by atoms with Crippen molar-refractivity contribution < 1.29 is 18.0 Å². The molecule has 3 aromatic rings. The first-order valence-corrected chi connectivity index (χ1v) is 9.99. The molecule has 4 rings (SSSR count). The predicted molar refractivity (Wildman–Crippen MR) is 110 cm³/mol. The van der Waals surface area contributed by atoms with Crippen LogP contribution in [0.1, 0.15) is 41.6 Å². The summed E-state index contributed by atoms with van der Waals surface area (Å²) in [4.78, 5) is 30.2. The van der Waals surface area contributed by atoms with Crippen LogP contribution in [0.15, 0.2) is 51.7 Å². The highest BCUT2D eigenvalue weighted by atomic mass is 19.1. The molecule has 1 aliphatic rings. The smallest absolute Gasteiger partial charge is 0.290 e. The van der Waals surface area contributed by atoms with E-state index in [4.69, 9.17) is 4.42 Å². The largest absolute Gasteiger partial charge is 0.450 e. The zero-order valence-corrected chi connectivity index (χ0v) is 16.8. The fraction of sp³-hybridized carbons (Fsp3) is 0.304. The summed E-state index contributed by atoms with van der Waals surface area (Å²) in [6.45, 7) is 6.71. The van der Waals surface area contributed by atoms with Gasteiger partial charge in [-0.2, -0.15) is 0 Å². The zero-order valence-electron chi connectivity index (χ0n) is 16.8. The molecule has 1 atom stereocenters. The first kappa shape index (κ1) is 20.2. The lowest BCUT2D eigenvalue weighted by Crippen LogP contribution is -2.37. The molecule has 5 nitrogen and oxygen atoms in total. The summed E-state index contributed by atoms with van der Waals surface area (Å²) in [6.07, 6.45) is 0. The number of fused-ring (bicyclic) bond motifs is 2. The minimum absolute atomic E-state index is 0.0343. The minimum Gasteiger partial charge on any atom is -0.450 e. The number of carbonyl (C=O) groups excluding carboxylic acids is 1. The minimum atomic E-state index is -0.715. The second kappa shape index (κ2) is 7.99. The molecular weight excluding hydrogens is 390 g/mol. The van der Waals surface area contributed by atoms with Gasteiger partial charge in [-0.25, -0.2) is 8.78 Å². The van der Waals surface area contributed by atoms with E-state index in [0.717, 1.165) is 19.2 Å². The van der Waals surface area contributed by atoms with Gasteiger partial charge in [0.1, 0.15) is 17.2 Å². The average molecular weight is 412 g/mol. The van der Waals surface area contributed by atoms with Gasteiger partial charge in [0.05, 0.1) is 17.0 Å². The Kier molecular flexibility index (Phi) is 5.39. The van der Waals surface area contributed by atoms with Crippen LogP contribution in [0.2, 0.25) is 0 Å². The van der Waals surface area contributed by atoms with Crippen molar-refractivity contribution >= 4 is 16.9 Å². The maximum Gasteiger partial charge on any atom is 0.290 e. The molecule has 1 aliphatic heterocycles. The second-order valence-electron chi connectivity index (χ2n) is 7.29. The van der Waals surface area contributed by atoms with Crippen LogP contribution in [-0.2, 0) is 0 Å². The van der Waals surface area contributed by atoms with Crippen molar-refractivity contribution in [3.8, 4) is 0 Å². The molecule has 2 aromatic carbocycles. The Morgan fingerprint density at radius 1 is 1.00 bits per heavy atom. The number of amides is 1. The lowest BCUT2D eigenvalue weighted by Gasteiger charge is -2.28. The third-order valence-corrected chi connectivity index (χ3v) is 5.67. The summed E-state index contributed by atoms with van der Waals surface area (Å²) in [7, 11) is 0. The van der Waals surface area contributed by atoms with Crippen LogP contribution < -0.4 is 5.43 Å². The van der Waals surface area contributed by atoms with Gasteiger partial charge in [-0.3, -0.25) is 9.59 Å². The van der Waals surface area contributed by atoms with Gasteiger partial charge in [-0.05, 0) is 49.0 Å². The van der Waals surface area contributed by atoms with E-state index >= 15 is 0 Å². The number of nitrogens with zero attached hydrogens (tertiary/aromatic N) is 2. The number of hydrogen-bond acceptors (Lipinski definition) is 4. The number of likely N-dealkylation sites (N-methyl/N-ethyl adjacent to an activating group) is 1. The number of carbonyl (C=O) groups is 1. The molecule has 7 heteroatoms. The van der Waals surface area contributed by atoms with E-state index in [1.165, 1.54) is 24.3 Å². The van der Waals surface area contributed by atoms with Gasteiger partial charge in [0.15, 0.2) is 5.43 Å².